The maximum atomic E-state index is 10.9. The molecule has 1 N–H and O–H groups in total. The highest BCUT2D eigenvalue weighted by molar-refractivity contribution is 8.14. The highest BCUT2D eigenvalue weighted by Gasteiger charge is 2.27. The molecule has 1 aromatic carbocycles. The van der Waals surface area contributed by atoms with Gasteiger partial charge in [0.15, 0.2) is 5.17 Å². The van der Waals surface area contributed by atoms with Crippen LogP contribution in [0.3, 0.4) is 0 Å². The number of amidine groups is 1. The summed E-state index contributed by atoms with van der Waals surface area (Å²) in [4.78, 5) is 15.4. The Morgan fingerprint density at radius 3 is 2.92 bits per heavy atom. The van der Waals surface area contributed by atoms with Crippen LogP contribution in [-0.2, 0) is 0 Å². The van der Waals surface area contributed by atoms with Crippen molar-refractivity contribution in [3.8, 4) is 0 Å². The van der Waals surface area contributed by atoms with Gasteiger partial charge in [0.05, 0.1) is 16.7 Å². The van der Waals surface area contributed by atoms with Crippen molar-refractivity contribution in [2.45, 2.75) is 39.2 Å². The summed E-state index contributed by atoms with van der Waals surface area (Å²) in [7, 11) is 0. The number of nitro benzene ring substituents is 1. The van der Waals surface area contributed by atoms with Crippen LogP contribution in [0.2, 0.25) is 0 Å². The molecular weight excluding hydrogens is 324 g/mol. The first-order valence-corrected chi connectivity index (χ1v) is 9.31. The summed E-state index contributed by atoms with van der Waals surface area (Å²) in [6.45, 7) is 4.58. The van der Waals surface area contributed by atoms with Crippen LogP contribution in [0.5, 0.6) is 0 Å². The van der Waals surface area contributed by atoms with E-state index < -0.39 is 0 Å². The highest BCUT2D eigenvalue weighted by atomic mass is 32.2. The zero-order chi connectivity index (χ0) is 17.1. The Labute approximate surface area is 146 Å². The van der Waals surface area contributed by atoms with E-state index in [0.717, 1.165) is 22.9 Å². The Balaban J connectivity index is 1.71. The molecule has 7 heteroatoms. The molecule has 0 amide bonds. The second-order valence-electron chi connectivity index (χ2n) is 6.54. The fourth-order valence-corrected chi connectivity index (χ4v) is 4.04. The van der Waals surface area contributed by atoms with Crippen LogP contribution in [0, 0.1) is 22.0 Å². The van der Waals surface area contributed by atoms with Crippen molar-refractivity contribution in [1.29, 1.82) is 0 Å². The van der Waals surface area contributed by atoms with Crippen LogP contribution in [0.1, 0.15) is 38.7 Å². The summed E-state index contributed by atoms with van der Waals surface area (Å²) >= 11 is 1.62. The lowest BCUT2D eigenvalue weighted by Gasteiger charge is -2.32. The first-order valence-electron chi connectivity index (χ1n) is 8.32. The molecule has 1 heterocycles. The van der Waals surface area contributed by atoms with E-state index in [2.05, 4.69) is 24.4 Å². The van der Waals surface area contributed by atoms with Crippen LogP contribution >= 0.6 is 11.8 Å². The first kappa shape index (κ1) is 17.0. The predicted octanol–water partition coefficient (Wildman–Crippen LogP) is 3.82. The van der Waals surface area contributed by atoms with Crippen LogP contribution < -0.4 is 5.43 Å². The molecule has 0 spiro atoms. The van der Waals surface area contributed by atoms with Crippen molar-refractivity contribution in [3.63, 3.8) is 0 Å². The maximum Gasteiger partial charge on any atom is 0.270 e. The van der Waals surface area contributed by atoms with E-state index in [1.165, 1.54) is 18.9 Å². The first-order chi connectivity index (χ1) is 11.5. The number of nitrogens with zero attached hydrogens (tertiary/aromatic N) is 3. The lowest BCUT2D eigenvalue weighted by molar-refractivity contribution is -0.384. The van der Waals surface area contributed by atoms with Crippen molar-refractivity contribution < 1.29 is 4.92 Å². The fraction of sp³-hybridized carbons (Fsp3) is 0.529. The standard InChI is InChI=1S/C17H22N4O2S/c1-11-5-3-8-15(12(11)2)18-17-20-19-16(10-24-17)13-6-4-7-14(9-13)21(22)23/h4,6-7,9,11-12,15H,3,5,8,10H2,1-2H3,(H,18,20). The smallest absolute Gasteiger partial charge is 0.258 e. The lowest BCUT2D eigenvalue weighted by atomic mass is 9.78. The average molecular weight is 346 g/mol. The monoisotopic (exact) mass is 346 g/mol. The van der Waals surface area contributed by atoms with Crippen molar-refractivity contribution in [2.75, 3.05) is 5.75 Å². The summed E-state index contributed by atoms with van der Waals surface area (Å²) in [5.41, 5.74) is 4.71. The molecule has 3 atom stereocenters. The second-order valence-corrected chi connectivity index (χ2v) is 7.50. The van der Waals surface area contributed by atoms with Gasteiger partial charge in [0.25, 0.3) is 5.69 Å². The van der Waals surface area contributed by atoms with E-state index in [0.29, 0.717) is 23.6 Å². The largest absolute Gasteiger partial charge is 0.270 e. The van der Waals surface area contributed by atoms with Gasteiger partial charge in [0, 0.05) is 23.4 Å². The van der Waals surface area contributed by atoms with Crippen LogP contribution in [-0.4, -0.2) is 27.6 Å². The minimum atomic E-state index is -0.383. The van der Waals surface area contributed by atoms with E-state index in [9.17, 15) is 10.1 Å². The molecule has 1 aliphatic carbocycles. The molecule has 1 fully saturated rings. The zero-order valence-corrected chi connectivity index (χ0v) is 14.8. The molecule has 1 aliphatic heterocycles. The number of benzene rings is 1. The molecule has 1 saturated carbocycles. The number of nitrogens with one attached hydrogen (secondary N) is 1. The Kier molecular flexibility index (Phi) is 5.18. The third kappa shape index (κ3) is 3.77. The Bertz CT molecular complexity index is 689. The minimum absolute atomic E-state index is 0.0877. The number of hydrazone groups is 1. The van der Waals surface area contributed by atoms with Crippen molar-refractivity contribution in [2.24, 2.45) is 21.9 Å². The fourth-order valence-electron chi connectivity index (χ4n) is 3.22. The van der Waals surface area contributed by atoms with Gasteiger partial charge in [-0.25, -0.2) is 0 Å². The summed E-state index contributed by atoms with van der Waals surface area (Å²) in [5, 5.41) is 16.1. The normalized spacial score (nSPS) is 29.0. The molecule has 6 nitrogen and oxygen atoms in total. The van der Waals surface area contributed by atoms with Crippen LogP contribution in [0.15, 0.2) is 34.4 Å². The van der Waals surface area contributed by atoms with Crippen molar-refractivity contribution in [3.05, 3.63) is 39.9 Å². The summed E-state index contributed by atoms with van der Waals surface area (Å²) in [6, 6.07) is 6.95. The van der Waals surface area contributed by atoms with Crippen molar-refractivity contribution >= 4 is 28.3 Å². The van der Waals surface area contributed by atoms with Gasteiger partial charge in [-0.05, 0) is 18.3 Å². The van der Waals surface area contributed by atoms with Gasteiger partial charge >= 0.3 is 0 Å². The Morgan fingerprint density at radius 2 is 2.21 bits per heavy atom. The quantitative estimate of drug-likeness (QED) is 0.666. The number of rotatable bonds is 3. The summed E-state index contributed by atoms with van der Waals surface area (Å²) < 4.78 is 0. The maximum absolute atomic E-state index is 10.9. The van der Waals surface area contributed by atoms with Gasteiger partial charge in [-0.2, -0.15) is 5.10 Å². The van der Waals surface area contributed by atoms with Gasteiger partial charge in [-0.15, -0.1) is 0 Å². The van der Waals surface area contributed by atoms with Gasteiger partial charge in [-0.1, -0.05) is 50.6 Å². The van der Waals surface area contributed by atoms with Crippen LogP contribution in [0.4, 0.5) is 5.69 Å². The SMILES string of the molecule is CC1CCCC(N=C2NN=C(c3cccc([N+](=O)[O-])c3)CS2)C1C. The molecule has 0 radical (unpaired) electrons. The minimum Gasteiger partial charge on any atom is -0.258 e. The molecule has 128 valence electrons. The van der Waals surface area contributed by atoms with Gasteiger partial charge < -0.3 is 0 Å². The average Bonchev–Trinajstić information content (AvgIpc) is 2.60. The molecule has 1 aromatic rings. The molecule has 3 rings (SSSR count). The third-order valence-electron chi connectivity index (χ3n) is 4.97. The molecule has 2 aliphatic rings. The zero-order valence-electron chi connectivity index (χ0n) is 13.9. The Hall–Kier alpha value is -1.89. The number of hydrogen-bond donors (Lipinski definition) is 1. The van der Waals surface area contributed by atoms with Gasteiger partial charge in [0.2, 0.25) is 0 Å². The van der Waals surface area contributed by atoms with E-state index in [1.54, 1.807) is 23.9 Å². The molecule has 0 bridgehead atoms. The summed E-state index contributed by atoms with van der Waals surface area (Å²) in [6.07, 6.45) is 3.66. The van der Waals surface area contributed by atoms with Crippen LogP contribution in [0.25, 0.3) is 0 Å². The van der Waals surface area contributed by atoms with E-state index in [1.807, 2.05) is 6.07 Å². The second kappa shape index (κ2) is 7.34. The Morgan fingerprint density at radius 1 is 1.38 bits per heavy atom. The number of hydrogen-bond acceptors (Lipinski definition) is 5. The van der Waals surface area contributed by atoms with Gasteiger partial charge in [0.1, 0.15) is 0 Å². The van der Waals surface area contributed by atoms with Crippen molar-refractivity contribution in [1.82, 2.24) is 5.43 Å². The topological polar surface area (TPSA) is 79.9 Å². The molecule has 0 saturated heterocycles. The molecule has 0 aromatic heterocycles. The highest BCUT2D eigenvalue weighted by Crippen LogP contribution is 2.32. The van der Waals surface area contributed by atoms with E-state index in [-0.39, 0.29) is 10.6 Å². The van der Waals surface area contributed by atoms with E-state index >= 15 is 0 Å². The number of thioether (sulfide) groups is 1. The third-order valence-corrected chi connectivity index (χ3v) is 5.86. The number of nitro groups is 1. The van der Waals surface area contributed by atoms with Gasteiger partial charge in [-0.3, -0.25) is 20.5 Å². The lowest BCUT2D eigenvalue weighted by Crippen LogP contribution is -2.32. The summed E-state index contributed by atoms with van der Waals surface area (Å²) in [5.74, 6) is 1.98. The number of non-ortho nitro benzene ring substituents is 1. The predicted molar refractivity (Wildman–Crippen MR) is 98.6 cm³/mol. The van der Waals surface area contributed by atoms with E-state index in [4.69, 9.17) is 4.99 Å². The molecular formula is C17H22N4O2S. The molecule has 3 unspecified atom stereocenters. The molecule has 24 heavy (non-hydrogen) atoms. The number of aliphatic imine (C=N–C) groups is 1.